The van der Waals surface area contributed by atoms with Gasteiger partial charge >= 0.3 is 0 Å². The standard InChI is InChI=1S/C23H31N5O4S/c1-17-25-21(16-26(17)2)33(31,32)27-12-9-19(10-13-27)23(30)24-15-18-6-5-7-20(14-18)28-11-4-3-8-22(28)29/h5-7,14,16,19H,3-4,8-13,15H2,1-2H3,(H,24,30). The molecule has 2 fully saturated rings. The number of benzene rings is 1. The van der Waals surface area contributed by atoms with Gasteiger partial charge < -0.3 is 14.8 Å². The number of sulfonamides is 1. The Kier molecular flexibility index (Phi) is 6.85. The molecule has 2 amide bonds. The minimum Gasteiger partial charge on any atom is -0.352 e. The molecule has 10 heteroatoms. The average molecular weight is 474 g/mol. The van der Waals surface area contributed by atoms with Crippen molar-refractivity contribution in [3.63, 3.8) is 0 Å². The molecule has 4 rings (SSSR count). The fraction of sp³-hybridized carbons (Fsp3) is 0.522. The predicted molar refractivity (Wildman–Crippen MR) is 124 cm³/mol. The quantitative estimate of drug-likeness (QED) is 0.691. The van der Waals surface area contributed by atoms with E-state index in [1.54, 1.807) is 18.5 Å². The van der Waals surface area contributed by atoms with Crippen LogP contribution in [0.4, 0.5) is 5.69 Å². The molecule has 9 nitrogen and oxygen atoms in total. The van der Waals surface area contributed by atoms with Crippen molar-refractivity contribution in [2.75, 3.05) is 24.5 Å². The molecule has 33 heavy (non-hydrogen) atoms. The molecule has 1 aromatic carbocycles. The van der Waals surface area contributed by atoms with Crippen molar-refractivity contribution in [1.29, 1.82) is 0 Å². The van der Waals surface area contributed by atoms with E-state index in [0.29, 0.717) is 44.7 Å². The van der Waals surface area contributed by atoms with E-state index in [0.717, 1.165) is 30.6 Å². The number of carbonyl (C=O) groups is 2. The van der Waals surface area contributed by atoms with Crippen LogP contribution < -0.4 is 10.2 Å². The molecule has 0 bridgehead atoms. The minimum absolute atomic E-state index is 0.0532. The number of hydrogen-bond donors (Lipinski definition) is 1. The lowest BCUT2D eigenvalue weighted by Gasteiger charge is -2.30. The normalized spacial score (nSPS) is 18.5. The van der Waals surface area contributed by atoms with Gasteiger partial charge in [0.15, 0.2) is 5.03 Å². The highest BCUT2D eigenvalue weighted by Gasteiger charge is 2.33. The van der Waals surface area contributed by atoms with Crippen LogP contribution in [0.3, 0.4) is 0 Å². The maximum absolute atomic E-state index is 12.8. The van der Waals surface area contributed by atoms with Crippen molar-refractivity contribution < 1.29 is 18.0 Å². The number of rotatable bonds is 6. The fourth-order valence-corrected chi connectivity index (χ4v) is 5.88. The Bertz CT molecular complexity index is 1120. The third-order valence-electron chi connectivity index (χ3n) is 6.53. The van der Waals surface area contributed by atoms with Gasteiger partial charge in [-0.2, -0.15) is 4.31 Å². The highest BCUT2D eigenvalue weighted by atomic mass is 32.2. The van der Waals surface area contributed by atoms with Crippen molar-refractivity contribution >= 4 is 27.5 Å². The fourth-order valence-electron chi connectivity index (χ4n) is 4.39. The van der Waals surface area contributed by atoms with Gasteiger partial charge in [0.1, 0.15) is 5.82 Å². The number of nitrogens with zero attached hydrogens (tertiary/aromatic N) is 4. The molecule has 178 valence electrons. The van der Waals surface area contributed by atoms with Crippen LogP contribution in [0.2, 0.25) is 0 Å². The first-order chi connectivity index (χ1) is 15.8. The van der Waals surface area contributed by atoms with Crippen molar-refractivity contribution in [3.8, 4) is 0 Å². The number of anilines is 1. The smallest absolute Gasteiger partial charge is 0.262 e. The molecule has 0 aliphatic carbocycles. The largest absolute Gasteiger partial charge is 0.352 e. The summed E-state index contributed by atoms with van der Waals surface area (Å²) in [5.74, 6) is 0.482. The topological polar surface area (TPSA) is 105 Å². The molecular formula is C23H31N5O4S. The van der Waals surface area contributed by atoms with Gasteiger partial charge in [-0.1, -0.05) is 12.1 Å². The summed E-state index contributed by atoms with van der Waals surface area (Å²) in [6.45, 7) is 3.45. The first kappa shape index (κ1) is 23.4. The molecule has 0 spiro atoms. The second-order valence-electron chi connectivity index (χ2n) is 8.81. The molecule has 0 saturated carbocycles. The Morgan fingerprint density at radius 3 is 2.61 bits per heavy atom. The number of imidazole rings is 1. The van der Waals surface area contributed by atoms with Crippen LogP contribution in [0.25, 0.3) is 0 Å². The molecule has 1 aromatic heterocycles. The van der Waals surface area contributed by atoms with Crippen molar-refractivity contribution in [2.24, 2.45) is 13.0 Å². The van der Waals surface area contributed by atoms with E-state index in [2.05, 4.69) is 10.3 Å². The summed E-state index contributed by atoms with van der Waals surface area (Å²) in [5.41, 5.74) is 1.81. The Hall–Kier alpha value is -2.72. The number of carbonyl (C=O) groups excluding carboxylic acids is 2. The number of amides is 2. The SMILES string of the molecule is Cc1nc(S(=O)(=O)N2CCC(C(=O)NCc3cccc(N4CCCCC4=O)c3)CC2)cn1C. The molecule has 1 N–H and O–H groups in total. The predicted octanol–water partition coefficient (Wildman–Crippen LogP) is 1.96. The van der Waals surface area contributed by atoms with Gasteiger partial charge in [0.05, 0.1) is 0 Å². The van der Waals surface area contributed by atoms with Crippen LogP contribution >= 0.6 is 0 Å². The van der Waals surface area contributed by atoms with Crippen LogP contribution in [-0.4, -0.2) is 53.7 Å². The summed E-state index contributed by atoms with van der Waals surface area (Å²) in [5, 5.41) is 3.03. The lowest BCUT2D eigenvalue weighted by molar-refractivity contribution is -0.126. The van der Waals surface area contributed by atoms with Crippen LogP contribution in [0, 0.1) is 12.8 Å². The van der Waals surface area contributed by atoms with E-state index in [1.165, 1.54) is 10.5 Å². The molecular weight excluding hydrogens is 442 g/mol. The lowest BCUT2D eigenvalue weighted by atomic mass is 9.97. The summed E-state index contributed by atoms with van der Waals surface area (Å²) in [7, 11) is -1.89. The molecule has 2 aliphatic heterocycles. The third-order valence-corrected chi connectivity index (χ3v) is 8.30. The first-order valence-electron chi connectivity index (χ1n) is 11.4. The van der Waals surface area contributed by atoms with Crippen LogP contribution in [0.15, 0.2) is 35.5 Å². The van der Waals surface area contributed by atoms with Crippen LogP contribution in [0.1, 0.15) is 43.5 Å². The van der Waals surface area contributed by atoms with Gasteiger partial charge in [-0.05, 0) is 50.3 Å². The second-order valence-corrected chi connectivity index (χ2v) is 10.7. The molecule has 3 heterocycles. The van der Waals surface area contributed by atoms with E-state index in [1.807, 2.05) is 29.2 Å². The summed E-state index contributed by atoms with van der Waals surface area (Å²) < 4.78 is 28.8. The Labute approximate surface area is 194 Å². The highest BCUT2D eigenvalue weighted by molar-refractivity contribution is 7.89. The minimum atomic E-state index is -3.65. The monoisotopic (exact) mass is 473 g/mol. The Balaban J connectivity index is 1.31. The average Bonchev–Trinajstić information content (AvgIpc) is 3.17. The Morgan fingerprint density at radius 2 is 1.94 bits per heavy atom. The van der Waals surface area contributed by atoms with Crippen molar-refractivity contribution in [1.82, 2.24) is 19.2 Å². The highest BCUT2D eigenvalue weighted by Crippen LogP contribution is 2.25. The maximum Gasteiger partial charge on any atom is 0.262 e. The van der Waals surface area contributed by atoms with Gasteiger partial charge in [-0.15, -0.1) is 0 Å². The number of aryl methyl sites for hydroxylation is 2. The van der Waals surface area contributed by atoms with Gasteiger partial charge in [0.2, 0.25) is 11.8 Å². The van der Waals surface area contributed by atoms with E-state index < -0.39 is 10.0 Å². The molecule has 0 atom stereocenters. The van der Waals surface area contributed by atoms with Crippen LogP contribution in [0.5, 0.6) is 0 Å². The van der Waals surface area contributed by atoms with Gasteiger partial charge in [-0.25, -0.2) is 13.4 Å². The number of nitrogens with one attached hydrogen (secondary N) is 1. The van der Waals surface area contributed by atoms with Gasteiger partial charge in [-0.3, -0.25) is 9.59 Å². The molecule has 2 aromatic rings. The number of hydrogen-bond acceptors (Lipinski definition) is 5. The maximum atomic E-state index is 12.8. The van der Waals surface area contributed by atoms with E-state index >= 15 is 0 Å². The molecule has 2 saturated heterocycles. The van der Waals surface area contributed by atoms with Crippen LogP contribution in [-0.2, 0) is 33.2 Å². The summed E-state index contributed by atoms with van der Waals surface area (Å²) >= 11 is 0. The van der Waals surface area contributed by atoms with Crippen molar-refractivity contribution in [3.05, 3.63) is 41.9 Å². The number of aromatic nitrogens is 2. The Morgan fingerprint density at radius 1 is 1.18 bits per heavy atom. The number of piperidine rings is 2. The van der Waals surface area contributed by atoms with Gasteiger partial charge in [0.25, 0.3) is 10.0 Å². The zero-order valence-electron chi connectivity index (χ0n) is 19.2. The molecule has 2 aliphatic rings. The summed E-state index contributed by atoms with van der Waals surface area (Å²) in [4.78, 5) is 30.9. The van der Waals surface area contributed by atoms with E-state index in [4.69, 9.17) is 0 Å². The first-order valence-corrected chi connectivity index (χ1v) is 12.9. The van der Waals surface area contributed by atoms with E-state index in [9.17, 15) is 18.0 Å². The van der Waals surface area contributed by atoms with Gasteiger partial charge in [0, 0.05) is 57.4 Å². The summed E-state index contributed by atoms with van der Waals surface area (Å²) in [6.07, 6.45) is 4.98. The zero-order valence-corrected chi connectivity index (χ0v) is 20.0. The molecule has 0 radical (unpaired) electrons. The lowest BCUT2D eigenvalue weighted by Crippen LogP contribution is -2.43. The second kappa shape index (κ2) is 9.64. The van der Waals surface area contributed by atoms with E-state index in [-0.39, 0.29) is 22.8 Å². The van der Waals surface area contributed by atoms with Crippen molar-refractivity contribution in [2.45, 2.75) is 50.6 Å². The zero-order chi connectivity index (χ0) is 23.6. The third kappa shape index (κ3) is 5.11. The summed E-state index contributed by atoms with van der Waals surface area (Å²) in [6, 6.07) is 7.71. The molecule has 0 unspecified atom stereocenters.